The molecule has 0 aliphatic rings. The van der Waals surface area contributed by atoms with Crippen molar-refractivity contribution in [3.63, 3.8) is 0 Å². The Morgan fingerprint density at radius 1 is 0.237 bits per heavy atom. The van der Waals surface area contributed by atoms with Crippen molar-refractivity contribution in [1.29, 1.82) is 0 Å². The Morgan fingerprint density at radius 2 is 0.738 bits per heavy atom. The van der Waals surface area contributed by atoms with Crippen LogP contribution in [0.15, 0.2) is 303 Å². The standard InChI is InChI=1S/C76H50N4/c1-4-23-56(24-5-1)78(57-25-6-2-7-26-57)70-35-18-36-71-76(70)75-64-30-15-13-21-53(64)41-47-73(75)80(71)68-34-17-32-65-62(31-16-33-66(65)68)54-38-42-59(43-39-54)77(60-44-37-51-19-10-11-22-55(51)49-60)61-45-48-69-67(50-61)74-63-29-14-12-20-52(63)40-46-72(74)79(69)58-27-8-3-9-28-58/h1-50H. The summed E-state index contributed by atoms with van der Waals surface area (Å²) in [6.07, 6.45) is 0. The molecule has 0 radical (unpaired) electrons. The van der Waals surface area contributed by atoms with Crippen molar-refractivity contribution < 1.29 is 0 Å². The first kappa shape index (κ1) is 45.5. The van der Waals surface area contributed by atoms with Crippen LogP contribution in [0, 0.1) is 0 Å². The second kappa shape index (κ2) is 18.5. The van der Waals surface area contributed by atoms with Gasteiger partial charge < -0.3 is 18.9 Å². The monoisotopic (exact) mass is 1020 g/mol. The summed E-state index contributed by atoms with van der Waals surface area (Å²) in [5.74, 6) is 0. The number of para-hydroxylation sites is 3. The van der Waals surface area contributed by atoms with Gasteiger partial charge in [-0.2, -0.15) is 0 Å². The van der Waals surface area contributed by atoms with E-state index in [1.54, 1.807) is 0 Å². The van der Waals surface area contributed by atoms with Crippen LogP contribution < -0.4 is 9.80 Å². The van der Waals surface area contributed by atoms with Crippen LogP contribution in [0.4, 0.5) is 34.1 Å². The number of anilines is 6. The van der Waals surface area contributed by atoms with E-state index in [2.05, 4.69) is 322 Å². The summed E-state index contributed by atoms with van der Waals surface area (Å²) >= 11 is 0. The fraction of sp³-hybridized carbons (Fsp3) is 0. The molecule has 16 rings (SSSR count). The van der Waals surface area contributed by atoms with E-state index in [0.29, 0.717) is 0 Å². The van der Waals surface area contributed by atoms with Gasteiger partial charge in [-0.25, -0.2) is 0 Å². The zero-order valence-corrected chi connectivity index (χ0v) is 43.7. The van der Waals surface area contributed by atoms with E-state index in [9.17, 15) is 0 Å². The van der Waals surface area contributed by atoms with Gasteiger partial charge >= 0.3 is 0 Å². The number of nitrogens with zero attached hydrogens (tertiary/aromatic N) is 4. The van der Waals surface area contributed by atoms with Crippen LogP contribution in [-0.2, 0) is 0 Å². The third kappa shape index (κ3) is 7.23. The number of fused-ring (bicyclic) bond motifs is 12. The summed E-state index contributed by atoms with van der Waals surface area (Å²) in [7, 11) is 0. The molecule has 14 aromatic carbocycles. The Hall–Kier alpha value is -10.7. The Morgan fingerprint density at radius 3 is 1.46 bits per heavy atom. The summed E-state index contributed by atoms with van der Waals surface area (Å²) in [6.45, 7) is 0. The number of hydrogen-bond donors (Lipinski definition) is 0. The third-order valence-electron chi connectivity index (χ3n) is 16.4. The summed E-state index contributed by atoms with van der Waals surface area (Å²) < 4.78 is 4.92. The SMILES string of the molecule is c1ccc(N(c2ccccc2)c2cccc3c2c2c4ccccc4ccc2n3-c2cccc3c(-c4ccc(N(c5ccc6ccccc6c5)c5ccc6c(c5)c5c7ccccc7ccc5n6-c5ccccc5)cc4)cccc23)cc1. The van der Waals surface area contributed by atoms with Crippen LogP contribution in [0.5, 0.6) is 0 Å². The van der Waals surface area contributed by atoms with Gasteiger partial charge in [0.15, 0.2) is 0 Å². The second-order valence-electron chi connectivity index (χ2n) is 20.8. The quantitative estimate of drug-likeness (QED) is 0.143. The van der Waals surface area contributed by atoms with Crippen LogP contribution in [0.2, 0.25) is 0 Å². The largest absolute Gasteiger partial charge is 0.310 e. The highest BCUT2D eigenvalue weighted by atomic mass is 15.2. The molecule has 374 valence electrons. The van der Waals surface area contributed by atoms with E-state index in [1.165, 1.54) is 86.7 Å². The Balaban J connectivity index is 0.864. The number of hydrogen-bond acceptors (Lipinski definition) is 2. The summed E-state index contributed by atoms with van der Waals surface area (Å²) in [4.78, 5) is 4.83. The second-order valence-corrected chi connectivity index (χ2v) is 20.8. The molecule has 0 bridgehead atoms. The van der Waals surface area contributed by atoms with Crippen molar-refractivity contribution in [2.24, 2.45) is 0 Å². The van der Waals surface area contributed by atoms with Gasteiger partial charge in [0.1, 0.15) is 0 Å². The molecule has 16 aromatic rings. The molecule has 0 spiro atoms. The lowest BCUT2D eigenvalue weighted by atomic mass is 9.97. The fourth-order valence-electron chi connectivity index (χ4n) is 12.9. The highest BCUT2D eigenvalue weighted by molar-refractivity contribution is 6.26. The van der Waals surface area contributed by atoms with E-state index in [4.69, 9.17) is 0 Å². The molecule has 4 heteroatoms. The van der Waals surface area contributed by atoms with Gasteiger partial charge in [0.2, 0.25) is 0 Å². The van der Waals surface area contributed by atoms with Crippen molar-refractivity contribution >= 4 is 121 Å². The first-order valence-corrected chi connectivity index (χ1v) is 27.5. The van der Waals surface area contributed by atoms with E-state index < -0.39 is 0 Å². The molecular weight excluding hydrogens is 969 g/mol. The molecule has 4 nitrogen and oxygen atoms in total. The van der Waals surface area contributed by atoms with Crippen molar-refractivity contribution in [3.8, 4) is 22.5 Å². The van der Waals surface area contributed by atoms with Gasteiger partial charge in [-0.15, -0.1) is 0 Å². The van der Waals surface area contributed by atoms with E-state index in [0.717, 1.165) is 56.6 Å². The van der Waals surface area contributed by atoms with Gasteiger partial charge in [0.05, 0.1) is 33.4 Å². The zero-order valence-electron chi connectivity index (χ0n) is 43.7. The molecule has 0 atom stereocenters. The molecular formula is C76H50N4. The molecule has 0 amide bonds. The van der Waals surface area contributed by atoms with Crippen LogP contribution in [0.25, 0.3) is 109 Å². The molecule has 0 unspecified atom stereocenters. The molecule has 2 heterocycles. The van der Waals surface area contributed by atoms with Gasteiger partial charge in [-0.05, 0) is 158 Å². The molecule has 2 aromatic heterocycles. The predicted molar refractivity (Wildman–Crippen MR) is 340 cm³/mol. The highest BCUT2D eigenvalue weighted by Crippen LogP contribution is 2.48. The third-order valence-corrected chi connectivity index (χ3v) is 16.4. The molecule has 0 N–H and O–H groups in total. The lowest BCUT2D eigenvalue weighted by molar-refractivity contribution is 1.18. The van der Waals surface area contributed by atoms with Crippen molar-refractivity contribution in [1.82, 2.24) is 9.13 Å². The molecule has 0 saturated carbocycles. The van der Waals surface area contributed by atoms with E-state index >= 15 is 0 Å². The smallest absolute Gasteiger partial charge is 0.0562 e. The minimum atomic E-state index is 1.08. The van der Waals surface area contributed by atoms with Crippen LogP contribution in [-0.4, -0.2) is 9.13 Å². The molecule has 0 fully saturated rings. The van der Waals surface area contributed by atoms with Gasteiger partial charge in [-0.3, -0.25) is 0 Å². The maximum absolute atomic E-state index is 2.50. The van der Waals surface area contributed by atoms with Gasteiger partial charge in [0, 0.05) is 61.1 Å². The average molecular weight is 1020 g/mol. The van der Waals surface area contributed by atoms with Crippen molar-refractivity contribution in [3.05, 3.63) is 303 Å². The first-order valence-electron chi connectivity index (χ1n) is 27.5. The zero-order chi connectivity index (χ0) is 52.7. The Labute approximate surface area is 463 Å². The van der Waals surface area contributed by atoms with Crippen LogP contribution >= 0.6 is 0 Å². The maximum atomic E-state index is 2.50. The van der Waals surface area contributed by atoms with Crippen molar-refractivity contribution in [2.75, 3.05) is 9.80 Å². The minimum Gasteiger partial charge on any atom is -0.310 e. The highest BCUT2D eigenvalue weighted by Gasteiger charge is 2.24. The molecule has 0 aliphatic carbocycles. The van der Waals surface area contributed by atoms with E-state index in [1.807, 2.05) is 0 Å². The number of aromatic nitrogens is 2. The van der Waals surface area contributed by atoms with Crippen LogP contribution in [0.3, 0.4) is 0 Å². The lowest BCUT2D eigenvalue weighted by Crippen LogP contribution is -2.10. The van der Waals surface area contributed by atoms with Gasteiger partial charge in [-0.1, -0.05) is 194 Å². The Bertz CT molecular complexity index is 5020. The predicted octanol–water partition coefficient (Wildman–Crippen LogP) is 21.1. The van der Waals surface area contributed by atoms with E-state index in [-0.39, 0.29) is 0 Å². The van der Waals surface area contributed by atoms with Crippen molar-refractivity contribution in [2.45, 2.75) is 0 Å². The molecule has 80 heavy (non-hydrogen) atoms. The maximum Gasteiger partial charge on any atom is 0.0562 e. The van der Waals surface area contributed by atoms with Crippen LogP contribution in [0.1, 0.15) is 0 Å². The Kier molecular flexibility index (Phi) is 10.5. The average Bonchev–Trinajstić information content (AvgIpc) is 4.18. The number of rotatable bonds is 9. The number of benzene rings is 14. The summed E-state index contributed by atoms with van der Waals surface area (Å²) in [5, 5.41) is 14.6. The van der Waals surface area contributed by atoms with Gasteiger partial charge in [0.25, 0.3) is 0 Å². The molecule has 0 saturated heterocycles. The fourth-order valence-corrected chi connectivity index (χ4v) is 12.9. The summed E-state index contributed by atoms with van der Waals surface area (Å²) in [6, 6.07) is 111. The minimum absolute atomic E-state index is 1.08. The normalized spacial score (nSPS) is 11.8. The summed E-state index contributed by atoms with van der Waals surface area (Å²) in [5.41, 5.74) is 15.9. The lowest BCUT2D eigenvalue weighted by Gasteiger charge is -2.26. The topological polar surface area (TPSA) is 16.3 Å². The first-order chi connectivity index (χ1) is 39.7. The molecule has 0 aliphatic heterocycles.